The predicted molar refractivity (Wildman–Crippen MR) is 109 cm³/mol. The lowest BCUT2D eigenvalue weighted by molar-refractivity contribution is -0.144. The van der Waals surface area contributed by atoms with E-state index in [0.717, 1.165) is 6.07 Å². The number of hydrogen-bond donors (Lipinski definition) is 1. The number of ether oxygens (including phenoxy) is 1. The van der Waals surface area contributed by atoms with E-state index in [1.165, 1.54) is 36.3 Å². The summed E-state index contributed by atoms with van der Waals surface area (Å²) in [6.07, 6.45) is -1.29. The van der Waals surface area contributed by atoms with Gasteiger partial charge in [0.05, 0.1) is 18.6 Å². The van der Waals surface area contributed by atoms with Crippen LogP contribution in [0.2, 0.25) is 0 Å². The van der Waals surface area contributed by atoms with Gasteiger partial charge in [-0.3, -0.25) is 9.59 Å². The molecule has 0 bridgehead atoms. The first-order valence-electron chi connectivity index (χ1n) is 9.75. The van der Waals surface area contributed by atoms with Crippen LogP contribution in [0.4, 0.5) is 13.2 Å². The summed E-state index contributed by atoms with van der Waals surface area (Å²) < 4.78 is 46.5. The maximum Gasteiger partial charge on any atom is 0.417 e. The molecule has 8 heteroatoms. The van der Waals surface area contributed by atoms with Crippen LogP contribution in [0.15, 0.2) is 48.5 Å². The summed E-state index contributed by atoms with van der Waals surface area (Å²) in [5, 5.41) is 9.07. The molecule has 3 rings (SSSR count). The Morgan fingerprint density at radius 2 is 1.77 bits per heavy atom. The molecule has 31 heavy (non-hydrogen) atoms. The molecule has 0 aromatic heterocycles. The first-order valence-corrected chi connectivity index (χ1v) is 9.75. The molecule has 2 aromatic rings. The Morgan fingerprint density at radius 1 is 1.10 bits per heavy atom. The van der Waals surface area contributed by atoms with E-state index in [2.05, 4.69) is 0 Å². The Hall–Kier alpha value is -3.29. The largest absolute Gasteiger partial charge is 0.496 e. The molecule has 1 fully saturated rings. The minimum Gasteiger partial charge on any atom is -0.496 e. The molecule has 1 aliphatic rings. The number of piperidine rings is 1. The highest BCUT2D eigenvalue weighted by Gasteiger charge is 2.35. The number of carboxylic acids is 1. The van der Waals surface area contributed by atoms with Crippen LogP contribution < -0.4 is 4.74 Å². The summed E-state index contributed by atoms with van der Waals surface area (Å²) in [5.41, 5.74) is -0.393. The van der Waals surface area contributed by atoms with E-state index < -0.39 is 23.6 Å². The third-order valence-corrected chi connectivity index (χ3v) is 5.34. The molecule has 164 valence electrons. The lowest BCUT2D eigenvalue weighted by Crippen LogP contribution is -2.39. The van der Waals surface area contributed by atoms with Crippen molar-refractivity contribution in [2.75, 3.05) is 20.2 Å². The number of carbonyl (C=O) groups excluding carboxylic acids is 1. The number of para-hydroxylation sites is 1. The van der Waals surface area contributed by atoms with Gasteiger partial charge in [-0.15, -0.1) is 0 Å². The molecule has 0 unspecified atom stereocenters. The summed E-state index contributed by atoms with van der Waals surface area (Å²) in [4.78, 5) is 25.1. The number of likely N-dealkylation sites (tertiary alicyclic amines) is 1. The van der Waals surface area contributed by atoms with Crippen LogP contribution in [0.5, 0.6) is 5.75 Å². The van der Waals surface area contributed by atoms with Crippen molar-refractivity contribution in [1.82, 2.24) is 4.90 Å². The van der Waals surface area contributed by atoms with Gasteiger partial charge in [0.25, 0.3) is 0 Å². The van der Waals surface area contributed by atoms with Gasteiger partial charge in [0.1, 0.15) is 5.75 Å². The second-order valence-corrected chi connectivity index (χ2v) is 7.24. The number of hydrogen-bond acceptors (Lipinski definition) is 3. The van der Waals surface area contributed by atoms with Crippen molar-refractivity contribution in [3.05, 3.63) is 59.7 Å². The van der Waals surface area contributed by atoms with Crippen LogP contribution in [0, 0.1) is 5.92 Å². The van der Waals surface area contributed by atoms with Crippen LogP contribution in [-0.4, -0.2) is 42.1 Å². The maximum atomic E-state index is 13.8. The van der Waals surface area contributed by atoms with Gasteiger partial charge >= 0.3 is 12.1 Å². The molecule has 1 N–H and O–H groups in total. The molecule has 1 heterocycles. The number of carbonyl (C=O) groups is 2. The number of rotatable bonds is 5. The summed E-state index contributed by atoms with van der Waals surface area (Å²) >= 11 is 0. The molecule has 2 aromatic carbocycles. The average molecular weight is 433 g/mol. The van der Waals surface area contributed by atoms with Crippen molar-refractivity contribution >= 4 is 18.0 Å². The lowest BCUT2D eigenvalue weighted by Gasteiger charge is -2.29. The maximum absolute atomic E-state index is 13.8. The zero-order valence-corrected chi connectivity index (χ0v) is 16.9. The van der Waals surface area contributed by atoms with Crippen molar-refractivity contribution < 1.29 is 32.6 Å². The van der Waals surface area contributed by atoms with Crippen LogP contribution in [-0.2, 0) is 15.8 Å². The molecule has 0 saturated carbocycles. The van der Waals surface area contributed by atoms with Crippen LogP contribution in [0.1, 0.15) is 24.0 Å². The first kappa shape index (κ1) is 22.4. The van der Waals surface area contributed by atoms with Crippen molar-refractivity contribution in [3.63, 3.8) is 0 Å². The van der Waals surface area contributed by atoms with Gasteiger partial charge in [-0.05, 0) is 36.6 Å². The van der Waals surface area contributed by atoms with Gasteiger partial charge in [-0.1, -0.05) is 30.3 Å². The normalized spacial score (nSPS) is 15.3. The van der Waals surface area contributed by atoms with E-state index in [1.54, 1.807) is 24.3 Å². The number of aliphatic carboxylic acids is 1. The molecular formula is C23H22F3NO4. The van der Waals surface area contributed by atoms with Crippen LogP contribution in [0.25, 0.3) is 17.2 Å². The highest BCUT2D eigenvalue weighted by atomic mass is 19.4. The number of benzene rings is 2. The summed E-state index contributed by atoms with van der Waals surface area (Å²) in [7, 11) is 1.38. The van der Waals surface area contributed by atoms with E-state index in [4.69, 9.17) is 9.84 Å². The third kappa shape index (κ3) is 5.07. The number of nitrogens with zero attached hydrogens (tertiary/aromatic N) is 1. The van der Waals surface area contributed by atoms with E-state index in [0.29, 0.717) is 25.9 Å². The number of methoxy groups -OCH3 is 1. The highest BCUT2D eigenvalue weighted by molar-refractivity contribution is 5.94. The zero-order chi connectivity index (χ0) is 22.6. The summed E-state index contributed by atoms with van der Waals surface area (Å²) in [6.45, 7) is 0.587. The van der Waals surface area contributed by atoms with E-state index in [-0.39, 0.29) is 28.3 Å². The van der Waals surface area contributed by atoms with Crippen LogP contribution in [0.3, 0.4) is 0 Å². The van der Waals surface area contributed by atoms with Gasteiger partial charge in [0, 0.05) is 30.3 Å². The molecule has 0 atom stereocenters. The molecule has 0 spiro atoms. The van der Waals surface area contributed by atoms with Gasteiger partial charge < -0.3 is 14.7 Å². The fraction of sp³-hybridized carbons (Fsp3) is 0.304. The Morgan fingerprint density at radius 3 is 2.39 bits per heavy atom. The fourth-order valence-electron chi connectivity index (χ4n) is 3.71. The quantitative estimate of drug-likeness (QED) is 0.693. The first-order chi connectivity index (χ1) is 14.7. The minimum absolute atomic E-state index is 0.0684. The van der Waals surface area contributed by atoms with Gasteiger partial charge in [0.2, 0.25) is 5.91 Å². The fourth-order valence-corrected chi connectivity index (χ4v) is 3.71. The lowest BCUT2D eigenvalue weighted by atomic mass is 9.92. The Bertz CT molecular complexity index is 993. The molecule has 0 radical (unpaired) electrons. The van der Waals surface area contributed by atoms with Gasteiger partial charge in [-0.25, -0.2) is 0 Å². The second-order valence-electron chi connectivity index (χ2n) is 7.24. The van der Waals surface area contributed by atoms with Crippen LogP contribution >= 0.6 is 0 Å². The average Bonchev–Trinajstić information content (AvgIpc) is 2.76. The molecule has 5 nitrogen and oxygen atoms in total. The summed E-state index contributed by atoms with van der Waals surface area (Å²) in [6, 6.07) is 10.2. The Balaban J connectivity index is 1.95. The third-order valence-electron chi connectivity index (χ3n) is 5.34. The highest BCUT2D eigenvalue weighted by Crippen LogP contribution is 2.42. The summed E-state index contributed by atoms with van der Waals surface area (Å²) in [5.74, 6) is -1.44. The minimum atomic E-state index is -4.59. The SMILES string of the molecule is COc1ccccc1-c1c(/C=C/C(=O)N2CCC(C(=O)O)CC2)cccc1C(F)(F)F. The Kier molecular flexibility index (Phi) is 6.68. The standard InChI is InChI=1S/C23H22F3NO4/c1-31-19-8-3-2-6-17(19)21-15(5-4-7-18(21)23(24,25)26)9-10-20(28)27-13-11-16(12-14-27)22(29)30/h2-10,16H,11-14H2,1H3,(H,29,30)/b10-9+. The smallest absolute Gasteiger partial charge is 0.417 e. The van der Waals surface area contributed by atoms with Gasteiger partial charge in [0.15, 0.2) is 0 Å². The van der Waals surface area contributed by atoms with E-state index in [9.17, 15) is 22.8 Å². The molecule has 1 amide bonds. The predicted octanol–water partition coefficient (Wildman–Crippen LogP) is 4.72. The second kappa shape index (κ2) is 9.24. The molecular weight excluding hydrogens is 411 g/mol. The molecule has 0 aliphatic carbocycles. The van der Waals surface area contributed by atoms with Crippen molar-refractivity contribution in [2.45, 2.75) is 19.0 Å². The Labute approximate surface area is 177 Å². The van der Waals surface area contributed by atoms with Crippen molar-refractivity contribution in [1.29, 1.82) is 0 Å². The zero-order valence-electron chi connectivity index (χ0n) is 16.9. The molecule has 1 aliphatic heterocycles. The molecule has 1 saturated heterocycles. The number of alkyl halides is 3. The topological polar surface area (TPSA) is 66.8 Å². The number of carboxylic acid groups (broad SMARTS) is 1. The monoisotopic (exact) mass is 433 g/mol. The van der Waals surface area contributed by atoms with E-state index >= 15 is 0 Å². The number of halogens is 3. The van der Waals surface area contributed by atoms with Gasteiger partial charge in [-0.2, -0.15) is 13.2 Å². The number of amides is 1. The van der Waals surface area contributed by atoms with Crippen molar-refractivity contribution in [2.24, 2.45) is 5.92 Å². The van der Waals surface area contributed by atoms with E-state index in [1.807, 2.05) is 0 Å². The van der Waals surface area contributed by atoms with Crippen molar-refractivity contribution in [3.8, 4) is 16.9 Å².